The molecule has 20 heavy (non-hydrogen) atoms. The standard InChI is InChI=1S/C12H12N4O3S/c1-8-6-10(2-3-11(8)20(13,18)19)16-12(17)9-4-5-14-15-7-9/h2-7H,1H3,(H,16,17)(H2,13,18,19). The second-order valence-electron chi connectivity index (χ2n) is 4.11. The number of sulfonamides is 1. The zero-order valence-electron chi connectivity index (χ0n) is 10.6. The lowest BCUT2D eigenvalue weighted by Crippen LogP contribution is -2.15. The van der Waals surface area contributed by atoms with Crippen molar-refractivity contribution in [1.29, 1.82) is 0 Å². The van der Waals surface area contributed by atoms with Crippen molar-refractivity contribution in [3.63, 3.8) is 0 Å². The molecule has 0 radical (unpaired) electrons. The Morgan fingerprint density at radius 1 is 1.25 bits per heavy atom. The van der Waals surface area contributed by atoms with E-state index in [9.17, 15) is 13.2 Å². The van der Waals surface area contributed by atoms with E-state index in [-0.39, 0.29) is 10.8 Å². The zero-order valence-corrected chi connectivity index (χ0v) is 11.4. The van der Waals surface area contributed by atoms with Crippen LogP contribution in [0.15, 0.2) is 41.6 Å². The summed E-state index contributed by atoms with van der Waals surface area (Å²) >= 11 is 0. The molecule has 7 nitrogen and oxygen atoms in total. The molecule has 0 fully saturated rings. The maximum absolute atomic E-state index is 11.9. The molecular formula is C12H12N4O3S. The second-order valence-corrected chi connectivity index (χ2v) is 5.64. The SMILES string of the molecule is Cc1cc(NC(=O)c2ccnnc2)ccc1S(N)(=O)=O. The van der Waals surface area contributed by atoms with Gasteiger partial charge in [-0.25, -0.2) is 13.6 Å². The molecular weight excluding hydrogens is 280 g/mol. The number of aromatic nitrogens is 2. The Morgan fingerprint density at radius 2 is 2.00 bits per heavy atom. The molecule has 2 aromatic rings. The van der Waals surface area contributed by atoms with Crippen molar-refractivity contribution in [2.24, 2.45) is 5.14 Å². The molecule has 0 aliphatic rings. The van der Waals surface area contributed by atoms with Gasteiger partial charge in [0.25, 0.3) is 5.91 Å². The first kappa shape index (κ1) is 14.1. The van der Waals surface area contributed by atoms with Gasteiger partial charge >= 0.3 is 0 Å². The number of anilines is 1. The average molecular weight is 292 g/mol. The van der Waals surface area contributed by atoms with Gasteiger partial charge in [-0.3, -0.25) is 4.79 Å². The van der Waals surface area contributed by atoms with Crippen LogP contribution in [-0.2, 0) is 10.0 Å². The quantitative estimate of drug-likeness (QED) is 0.863. The van der Waals surface area contributed by atoms with E-state index in [0.717, 1.165) is 0 Å². The van der Waals surface area contributed by atoms with Crippen molar-refractivity contribution in [1.82, 2.24) is 10.2 Å². The van der Waals surface area contributed by atoms with Crippen LogP contribution in [0.1, 0.15) is 15.9 Å². The van der Waals surface area contributed by atoms with Crippen molar-refractivity contribution in [3.05, 3.63) is 47.8 Å². The first-order chi connectivity index (χ1) is 9.38. The van der Waals surface area contributed by atoms with Gasteiger partial charge in [-0.15, -0.1) is 0 Å². The van der Waals surface area contributed by atoms with E-state index < -0.39 is 10.0 Å². The first-order valence-corrected chi connectivity index (χ1v) is 7.14. The van der Waals surface area contributed by atoms with E-state index in [2.05, 4.69) is 15.5 Å². The molecule has 0 bridgehead atoms. The number of nitrogens with zero attached hydrogens (tertiary/aromatic N) is 2. The van der Waals surface area contributed by atoms with Crippen LogP contribution >= 0.6 is 0 Å². The van der Waals surface area contributed by atoms with E-state index in [0.29, 0.717) is 16.8 Å². The Bertz CT molecular complexity index is 745. The smallest absolute Gasteiger partial charge is 0.257 e. The predicted octanol–water partition coefficient (Wildman–Crippen LogP) is 0.685. The van der Waals surface area contributed by atoms with E-state index in [1.807, 2.05) is 0 Å². The molecule has 1 heterocycles. The summed E-state index contributed by atoms with van der Waals surface area (Å²) in [6, 6.07) is 5.88. The molecule has 0 spiro atoms. The lowest BCUT2D eigenvalue weighted by atomic mass is 10.2. The summed E-state index contributed by atoms with van der Waals surface area (Å²) in [5.41, 5.74) is 1.28. The van der Waals surface area contributed by atoms with Crippen LogP contribution in [-0.4, -0.2) is 24.5 Å². The third-order valence-electron chi connectivity index (χ3n) is 2.59. The molecule has 0 aliphatic heterocycles. The lowest BCUT2D eigenvalue weighted by molar-refractivity contribution is 0.102. The minimum absolute atomic E-state index is 0.0288. The van der Waals surface area contributed by atoms with Crippen molar-refractivity contribution in [2.75, 3.05) is 5.32 Å². The molecule has 0 aliphatic carbocycles. The Balaban J connectivity index is 2.24. The van der Waals surface area contributed by atoms with Gasteiger partial charge in [0, 0.05) is 5.69 Å². The van der Waals surface area contributed by atoms with Crippen LogP contribution in [0.3, 0.4) is 0 Å². The Labute approximate surface area is 115 Å². The average Bonchev–Trinajstić information content (AvgIpc) is 2.38. The molecule has 2 rings (SSSR count). The number of benzene rings is 1. The van der Waals surface area contributed by atoms with Crippen LogP contribution in [0.25, 0.3) is 0 Å². The van der Waals surface area contributed by atoms with Crippen LogP contribution in [0, 0.1) is 6.92 Å². The third-order valence-corrected chi connectivity index (χ3v) is 3.66. The van der Waals surface area contributed by atoms with Gasteiger partial charge in [0.15, 0.2) is 0 Å². The fourth-order valence-corrected chi connectivity index (χ4v) is 2.44. The van der Waals surface area contributed by atoms with E-state index in [1.165, 1.54) is 36.7 Å². The largest absolute Gasteiger partial charge is 0.322 e. The fraction of sp³-hybridized carbons (Fsp3) is 0.0833. The number of hydrogen-bond acceptors (Lipinski definition) is 5. The molecule has 1 aromatic carbocycles. The topological polar surface area (TPSA) is 115 Å². The molecule has 0 atom stereocenters. The molecule has 104 valence electrons. The van der Waals surface area contributed by atoms with Gasteiger partial charge in [-0.2, -0.15) is 10.2 Å². The monoisotopic (exact) mass is 292 g/mol. The van der Waals surface area contributed by atoms with Crippen LogP contribution in [0.5, 0.6) is 0 Å². The number of hydrogen-bond donors (Lipinski definition) is 2. The fourth-order valence-electron chi connectivity index (χ4n) is 1.67. The molecule has 1 aromatic heterocycles. The van der Waals surface area contributed by atoms with Crippen molar-refractivity contribution in [3.8, 4) is 0 Å². The number of rotatable bonds is 3. The number of nitrogens with one attached hydrogen (secondary N) is 1. The maximum Gasteiger partial charge on any atom is 0.257 e. The summed E-state index contributed by atoms with van der Waals surface area (Å²) in [4.78, 5) is 11.9. The minimum atomic E-state index is -3.76. The highest BCUT2D eigenvalue weighted by atomic mass is 32.2. The summed E-state index contributed by atoms with van der Waals surface area (Å²) in [5.74, 6) is -0.359. The lowest BCUT2D eigenvalue weighted by Gasteiger charge is -2.08. The summed E-state index contributed by atoms with van der Waals surface area (Å²) < 4.78 is 22.6. The van der Waals surface area contributed by atoms with Gasteiger partial charge < -0.3 is 5.32 Å². The molecule has 0 unspecified atom stereocenters. The van der Waals surface area contributed by atoms with E-state index in [4.69, 9.17) is 5.14 Å². The predicted molar refractivity (Wildman–Crippen MR) is 72.5 cm³/mol. The van der Waals surface area contributed by atoms with Gasteiger partial charge in [0.2, 0.25) is 10.0 Å². The first-order valence-electron chi connectivity index (χ1n) is 5.59. The Kier molecular flexibility index (Phi) is 3.77. The van der Waals surface area contributed by atoms with Gasteiger partial charge in [0.05, 0.1) is 22.9 Å². The van der Waals surface area contributed by atoms with Crippen LogP contribution in [0.4, 0.5) is 5.69 Å². The van der Waals surface area contributed by atoms with Crippen molar-refractivity contribution in [2.45, 2.75) is 11.8 Å². The van der Waals surface area contributed by atoms with E-state index in [1.54, 1.807) is 6.92 Å². The summed E-state index contributed by atoms with van der Waals surface area (Å²) in [6.45, 7) is 1.60. The van der Waals surface area contributed by atoms with Gasteiger partial charge in [0.1, 0.15) is 0 Å². The highest BCUT2D eigenvalue weighted by Crippen LogP contribution is 2.18. The molecule has 8 heteroatoms. The highest BCUT2D eigenvalue weighted by molar-refractivity contribution is 7.89. The number of amides is 1. The summed E-state index contributed by atoms with van der Waals surface area (Å²) in [7, 11) is -3.76. The Hall–Kier alpha value is -2.32. The highest BCUT2D eigenvalue weighted by Gasteiger charge is 2.12. The van der Waals surface area contributed by atoms with Crippen LogP contribution in [0.2, 0.25) is 0 Å². The number of nitrogens with two attached hydrogens (primary N) is 1. The van der Waals surface area contributed by atoms with Crippen molar-refractivity contribution < 1.29 is 13.2 Å². The molecule has 0 saturated carbocycles. The van der Waals surface area contributed by atoms with Crippen molar-refractivity contribution >= 4 is 21.6 Å². The number of carbonyl (C=O) groups excluding carboxylic acids is 1. The Morgan fingerprint density at radius 3 is 2.55 bits per heavy atom. The minimum Gasteiger partial charge on any atom is -0.322 e. The van der Waals surface area contributed by atoms with Crippen LogP contribution < -0.4 is 10.5 Å². The number of carbonyl (C=O) groups is 1. The number of primary sulfonamides is 1. The molecule has 0 saturated heterocycles. The number of aryl methyl sites for hydroxylation is 1. The van der Waals surface area contributed by atoms with Gasteiger partial charge in [-0.1, -0.05) is 0 Å². The summed E-state index contributed by atoms with van der Waals surface area (Å²) in [6.07, 6.45) is 2.74. The summed E-state index contributed by atoms with van der Waals surface area (Å²) in [5, 5.41) is 14.9. The normalized spacial score (nSPS) is 11.1. The zero-order chi connectivity index (χ0) is 14.8. The van der Waals surface area contributed by atoms with E-state index >= 15 is 0 Å². The molecule has 3 N–H and O–H groups in total. The third kappa shape index (κ3) is 3.16. The molecule has 1 amide bonds. The van der Waals surface area contributed by atoms with Gasteiger partial charge in [-0.05, 0) is 36.8 Å². The second kappa shape index (κ2) is 5.35. The maximum atomic E-state index is 11.9.